The molecule has 1 aliphatic rings. The molecule has 1 fully saturated rings. The SMILES string of the molecule is CC(NC(=O)C(Cc1ccc([N+](=O)[O-])cc1)NC(=O)CNC(=O)C(CCS(C)=O)NC(=O)C(N)Cc1ccc(O)cc1)C(=O)N1CCCC1C(N)=O. The normalized spacial score (nSPS) is 16.8. The van der Waals surface area contributed by atoms with Crippen molar-refractivity contribution in [1.29, 1.82) is 0 Å². The number of nitrogens with one attached hydrogen (secondary N) is 4. The van der Waals surface area contributed by atoms with E-state index in [9.17, 15) is 48.2 Å². The highest BCUT2D eigenvalue weighted by Gasteiger charge is 2.36. The second-order valence-corrected chi connectivity index (χ2v) is 13.9. The van der Waals surface area contributed by atoms with E-state index in [0.717, 1.165) is 0 Å². The summed E-state index contributed by atoms with van der Waals surface area (Å²) in [7, 11) is -1.32. The number of non-ortho nitro benzene ring substituents is 1. The first-order chi connectivity index (χ1) is 24.5. The second-order valence-electron chi connectivity index (χ2n) is 12.4. The molecular formula is C33H44N8O10S. The predicted octanol–water partition coefficient (Wildman–Crippen LogP) is -1.75. The van der Waals surface area contributed by atoms with Gasteiger partial charge in [0.1, 0.15) is 29.9 Å². The van der Waals surface area contributed by atoms with Gasteiger partial charge in [-0.2, -0.15) is 0 Å². The standard InChI is InChI=1S/C33H44N8O10S/c1-19(33(48)40-14-3-4-27(40)29(35)44)37-32(47)26(17-21-5-9-22(10-6-21)41(49)50)38-28(43)18-36-31(46)25(13-15-52(2)51)39-30(45)24(34)16-20-7-11-23(42)12-8-20/h5-12,19,24-27,42H,3-4,13-18,34H2,1-2H3,(H2,35,44)(H,36,46)(H,37,47)(H,38,43)(H,39,45). The fraction of sp³-hybridized carbons (Fsp3) is 0.455. The zero-order valence-electron chi connectivity index (χ0n) is 28.7. The van der Waals surface area contributed by atoms with Crippen LogP contribution >= 0.6 is 0 Å². The molecular weight excluding hydrogens is 700 g/mol. The maximum Gasteiger partial charge on any atom is 0.269 e. The smallest absolute Gasteiger partial charge is 0.269 e. The van der Waals surface area contributed by atoms with Crippen molar-refractivity contribution in [1.82, 2.24) is 26.2 Å². The molecule has 0 spiro atoms. The van der Waals surface area contributed by atoms with Gasteiger partial charge in [-0.1, -0.05) is 24.3 Å². The van der Waals surface area contributed by atoms with E-state index in [4.69, 9.17) is 11.5 Å². The zero-order chi connectivity index (χ0) is 38.5. The quantitative estimate of drug-likeness (QED) is 0.0664. The molecule has 0 saturated carbocycles. The van der Waals surface area contributed by atoms with Gasteiger partial charge in [0.2, 0.25) is 35.4 Å². The van der Waals surface area contributed by atoms with Gasteiger partial charge in [0.25, 0.3) is 5.69 Å². The predicted molar refractivity (Wildman–Crippen MR) is 189 cm³/mol. The molecule has 0 radical (unpaired) electrons. The van der Waals surface area contributed by atoms with E-state index in [1.54, 1.807) is 12.1 Å². The van der Waals surface area contributed by atoms with E-state index in [-0.39, 0.29) is 43.0 Å². The van der Waals surface area contributed by atoms with E-state index < -0.39 is 87.9 Å². The molecule has 6 unspecified atom stereocenters. The molecule has 2 aromatic rings. The number of primary amides is 1. The average molecular weight is 745 g/mol. The minimum Gasteiger partial charge on any atom is -0.508 e. The lowest BCUT2D eigenvalue weighted by molar-refractivity contribution is -0.384. The molecule has 9 N–H and O–H groups in total. The molecule has 0 bridgehead atoms. The second kappa shape index (κ2) is 19.3. The van der Waals surface area contributed by atoms with Crippen LogP contribution in [0, 0.1) is 10.1 Å². The fourth-order valence-corrected chi connectivity index (χ4v) is 6.06. The van der Waals surface area contributed by atoms with Crippen molar-refractivity contribution < 1.29 is 43.0 Å². The Kier molecular flexibility index (Phi) is 15.2. The van der Waals surface area contributed by atoms with Crippen LogP contribution in [-0.2, 0) is 52.4 Å². The number of benzene rings is 2. The summed E-state index contributed by atoms with van der Waals surface area (Å²) in [5.41, 5.74) is 12.4. The molecule has 0 aromatic heterocycles. The molecule has 18 nitrogen and oxygen atoms in total. The number of hydrogen-bond acceptors (Lipinski definition) is 11. The van der Waals surface area contributed by atoms with Gasteiger partial charge in [-0.05, 0) is 55.9 Å². The Bertz CT molecular complexity index is 1660. The highest BCUT2D eigenvalue weighted by Crippen LogP contribution is 2.18. The number of phenolic OH excluding ortho intramolecular Hbond substituents is 1. The molecule has 52 heavy (non-hydrogen) atoms. The van der Waals surface area contributed by atoms with Crippen LogP contribution in [0.5, 0.6) is 5.75 Å². The number of nitro groups is 1. The van der Waals surface area contributed by atoms with Gasteiger partial charge in [0.05, 0.1) is 17.5 Å². The zero-order valence-corrected chi connectivity index (χ0v) is 29.6. The summed E-state index contributed by atoms with van der Waals surface area (Å²) in [4.78, 5) is 89.3. The van der Waals surface area contributed by atoms with Gasteiger partial charge in [0, 0.05) is 47.9 Å². The number of carbonyl (C=O) groups is 6. The van der Waals surface area contributed by atoms with Crippen LogP contribution in [-0.4, -0.2) is 110 Å². The third-order valence-corrected chi connectivity index (χ3v) is 9.12. The summed E-state index contributed by atoms with van der Waals surface area (Å²) in [6, 6.07) is 5.78. The lowest BCUT2D eigenvalue weighted by Crippen LogP contribution is -2.57. The Balaban J connectivity index is 1.68. The fourth-order valence-electron chi connectivity index (χ4n) is 5.50. The number of nitrogens with two attached hydrogens (primary N) is 2. The third kappa shape index (κ3) is 12.4. The third-order valence-electron chi connectivity index (χ3n) is 8.31. The molecule has 3 rings (SSSR count). The summed E-state index contributed by atoms with van der Waals surface area (Å²) in [6.45, 7) is 1.04. The first-order valence-electron chi connectivity index (χ1n) is 16.4. The van der Waals surface area contributed by atoms with E-state index in [1.807, 2.05) is 0 Å². The Morgan fingerprint density at radius 2 is 1.56 bits per heavy atom. The number of carbonyl (C=O) groups excluding carboxylic acids is 6. The maximum absolute atomic E-state index is 13.4. The first-order valence-corrected chi connectivity index (χ1v) is 18.1. The van der Waals surface area contributed by atoms with Gasteiger partial charge >= 0.3 is 0 Å². The number of nitrogens with zero attached hydrogens (tertiary/aromatic N) is 2. The van der Waals surface area contributed by atoms with Gasteiger partial charge in [-0.15, -0.1) is 0 Å². The number of hydrogen-bond donors (Lipinski definition) is 7. The maximum atomic E-state index is 13.4. The van der Waals surface area contributed by atoms with Gasteiger partial charge in [-0.25, -0.2) is 0 Å². The van der Waals surface area contributed by atoms with Crippen LogP contribution in [0.1, 0.15) is 37.3 Å². The van der Waals surface area contributed by atoms with Crippen molar-refractivity contribution >= 4 is 51.9 Å². The topological polar surface area (TPSA) is 286 Å². The van der Waals surface area contributed by atoms with Gasteiger partial charge < -0.3 is 42.7 Å². The van der Waals surface area contributed by atoms with Crippen LogP contribution in [0.3, 0.4) is 0 Å². The number of nitro benzene ring substituents is 1. The number of aromatic hydroxyl groups is 1. The Morgan fingerprint density at radius 1 is 0.942 bits per heavy atom. The number of phenols is 1. The lowest BCUT2D eigenvalue weighted by atomic mass is 10.0. The molecule has 1 saturated heterocycles. The van der Waals surface area contributed by atoms with Gasteiger partial charge in [0.15, 0.2) is 0 Å². The van der Waals surface area contributed by atoms with Crippen molar-refractivity contribution in [2.24, 2.45) is 11.5 Å². The molecule has 19 heteroatoms. The van der Waals surface area contributed by atoms with Crippen molar-refractivity contribution in [2.45, 2.75) is 69.2 Å². The van der Waals surface area contributed by atoms with Crippen molar-refractivity contribution in [3.63, 3.8) is 0 Å². The van der Waals surface area contributed by atoms with Crippen molar-refractivity contribution in [3.8, 4) is 5.75 Å². The van der Waals surface area contributed by atoms with Gasteiger partial charge in [-0.3, -0.25) is 43.1 Å². The number of likely N-dealkylation sites (tertiary alicyclic amines) is 1. The number of rotatable bonds is 18. The molecule has 1 aliphatic heterocycles. The molecule has 1 heterocycles. The Hall–Kier alpha value is -5.43. The van der Waals surface area contributed by atoms with E-state index in [2.05, 4.69) is 21.3 Å². The highest BCUT2D eigenvalue weighted by atomic mass is 32.2. The summed E-state index contributed by atoms with van der Waals surface area (Å²) in [6.07, 6.45) is 2.26. The lowest BCUT2D eigenvalue weighted by Gasteiger charge is -2.27. The molecule has 2 aromatic carbocycles. The van der Waals surface area contributed by atoms with E-state index in [0.29, 0.717) is 24.0 Å². The van der Waals surface area contributed by atoms with Crippen LogP contribution in [0.4, 0.5) is 5.69 Å². The minimum atomic E-state index is -1.32. The molecule has 6 amide bonds. The summed E-state index contributed by atoms with van der Waals surface area (Å²) < 4.78 is 11.8. The van der Waals surface area contributed by atoms with Crippen LogP contribution < -0.4 is 32.7 Å². The molecule has 6 atom stereocenters. The first kappa shape index (κ1) is 41.0. The molecule has 282 valence electrons. The molecule has 0 aliphatic carbocycles. The Labute approximate surface area is 302 Å². The summed E-state index contributed by atoms with van der Waals surface area (Å²) in [5.74, 6) is -4.21. The highest BCUT2D eigenvalue weighted by molar-refractivity contribution is 7.84. The van der Waals surface area contributed by atoms with E-state index in [1.165, 1.54) is 54.5 Å². The van der Waals surface area contributed by atoms with Crippen molar-refractivity contribution in [3.05, 3.63) is 69.8 Å². The van der Waals surface area contributed by atoms with Crippen LogP contribution in [0.2, 0.25) is 0 Å². The largest absolute Gasteiger partial charge is 0.508 e. The summed E-state index contributed by atoms with van der Waals surface area (Å²) in [5, 5.41) is 30.6. The van der Waals surface area contributed by atoms with Crippen LogP contribution in [0.15, 0.2) is 48.5 Å². The Morgan fingerprint density at radius 3 is 2.15 bits per heavy atom. The summed E-state index contributed by atoms with van der Waals surface area (Å²) >= 11 is 0. The average Bonchev–Trinajstić information content (AvgIpc) is 3.60. The monoisotopic (exact) mass is 744 g/mol. The van der Waals surface area contributed by atoms with Crippen molar-refractivity contribution in [2.75, 3.05) is 25.1 Å². The minimum absolute atomic E-state index is 0.0374. The van der Waals surface area contributed by atoms with E-state index >= 15 is 0 Å². The van der Waals surface area contributed by atoms with Crippen LogP contribution in [0.25, 0.3) is 0 Å². The number of amides is 6.